The molecule has 0 aliphatic heterocycles. The molecule has 0 radical (unpaired) electrons. The first kappa shape index (κ1) is 16.6. The summed E-state index contributed by atoms with van der Waals surface area (Å²) in [5.41, 5.74) is 7.31. The van der Waals surface area contributed by atoms with Gasteiger partial charge in [-0.3, -0.25) is 4.79 Å². The Morgan fingerprint density at radius 2 is 1.95 bits per heavy atom. The van der Waals surface area contributed by atoms with Crippen LogP contribution in [-0.4, -0.2) is 32.3 Å². The highest BCUT2D eigenvalue weighted by molar-refractivity contribution is 5.90. The summed E-state index contributed by atoms with van der Waals surface area (Å²) in [4.78, 5) is 11.7. The number of rotatable bonds is 10. The number of carbonyl (C=O) groups excluding carboxylic acids is 1. The van der Waals surface area contributed by atoms with E-state index in [1.165, 1.54) is 0 Å². The van der Waals surface area contributed by atoms with Gasteiger partial charge in [-0.25, -0.2) is 0 Å². The molecule has 0 saturated heterocycles. The molecule has 1 aromatic carbocycles. The lowest BCUT2D eigenvalue weighted by atomic mass is 10.2. The van der Waals surface area contributed by atoms with Gasteiger partial charge in [0.2, 0.25) is 5.91 Å². The minimum Gasteiger partial charge on any atom is -0.379 e. The molecule has 0 aromatic heterocycles. The van der Waals surface area contributed by atoms with Crippen molar-refractivity contribution in [3.8, 4) is 0 Å². The molecule has 0 saturated carbocycles. The fraction of sp³-hybridized carbons (Fsp3) is 0.533. The Labute approximate surface area is 120 Å². The maximum atomic E-state index is 11.7. The van der Waals surface area contributed by atoms with Crippen LogP contribution in [0.25, 0.3) is 0 Å². The summed E-state index contributed by atoms with van der Waals surface area (Å²) in [6.45, 7) is 4.78. The molecular formula is C15H24N2O3. The van der Waals surface area contributed by atoms with Gasteiger partial charge in [0.25, 0.3) is 0 Å². The van der Waals surface area contributed by atoms with E-state index in [1.807, 2.05) is 24.3 Å². The second-order valence-electron chi connectivity index (χ2n) is 4.43. The van der Waals surface area contributed by atoms with Crippen LogP contribution in [0.5, 0.6) is 0 Å². The second kappa shape index (κ2) is 10.4. The number of hydrogen-bond acceptors (Lipinski definition) is 4. The fourth-order valence-electron chi connectivity index (χ4n) is 1.63. The van der Waals surface area contributed by atoms with Crippen molar-refractivity contribution in [3.05, 3.63) is 29.8 Å². The molecule has 0 heterocycles. The third kappa shape index (κ3) is 7.23. The predicted octanol–water partition coefficient (Wildman–Crippen LogP) is 1.92. The van der Waals surface area contributed by atoms with Crippen molar-refractivity contribution in [2.24, 2.45) is 5.73 Å². The zero-order valence-corrected chi connectivity index (χ0v) is 12.1. The van der Waals surface area contributed by atoms with Crippen molar-refractivity contribution in [1.82, 2.24) is 0 Å². The van der Waals surface area contributed by atoms with Crippen molar-refractivity contribution in [2.75, 3.05) is 31.7 Å². The largest absolute Gasteiger partial charge is 0.379 e. The zero-order chi connectivity index (χ0) is 14.6. The van der Waals surface area contributed by atoms with Crippen LogP contribution < -0.4 is 11.1 Å². The standard InChI is InChI=1S/C15H24N2O3/c1-2-7-19-9-10-20-8-6-15(18)17-14-5-3-4-13(11-14)12-16/h3-5,11H,2,6-10,12,16H2,1H3,(H,17,18). The van der Waals surface area contributed by atoms with E-state index in [0.29, 0.717) is 32.8 Å². The lowest BCUT2D eigenvalue weighted by Gasteiger charge is -2.07. The quantitative estimate of drug-likeness (QED) is 0.642. The third-order valence-electron chi connectivity index (χ3n) is 2.64. The first-order chi connectivity index (χ1) is 9.76. The Hall–Kier alpha value is -1.43. The molecular weight excluding hydrogens is 256 g/mol. The summed E-state index contributed by atoms with van der Waals surface area (Å²) in [6.07, 6.45) is 1.34. The Morgan fingerprint density at radius 1 is 1.20 bits per heavy atom. The zero-order valence-electron chi connectivity index (χ0n) is 12.1. The molecule has 20 heavy (non-hydrogen) atoms. The van der Waals surface area contributed by atoms with Gasteiger partial charge in [-0.2, -0.15) is 0 Å². The van der Waals surface area contributed by atoms with Crippen LogP contribution in [0.2, 0.25) is 0 Å². The molecule has 1 rings (SSSR count). The number of nitrogens with two attached hydrogens (primary N) is 1. The lowest BCUT2D eigenvalue weighted by molar-refractivity contribution is -0.117. The monoisotopic (exact) mass is 280 g/mol. The minimum atomic E-state index is -0.0614. The van der Waals surface area contributed by atoms with E-state index < -0.39 is 0 Å². The Kier molecular flexibility index (Phi) is 8.62. The summed E-state index contributed by atoms with van der Waals surface area (Å²) in [5.74, 6) is -0.0614. The van der Waals surface area contributed by atoms with E-state index in [0.717, 1.165) is 24.3 Å². The van der Waals surface area contributed by atoms with Crippen LogP contribution in [0.15, 0.2) is 24.3 Å². The topological polar surface area (TPSA) is 73.6 Å². The van der Waals surface area contributed by atoms with Gasteiger partial charge < -0.3 is 20.5 Å². The molecule has 1 amide bonds. The number of amides is 1. The molecule has 1 aromatic rings. The summed E-state index contributed by atoms with van der Waals surface area (Å²) < 4.78 is 10.6. The Morgan fingerprint density at radius 3 is 2.65 bits per heavy atom. The van der Waals surface area contributed by atoms with E-state index in [-0.39, 0.29) is 5.91 Å². The smallest absolute Gasteiger partial charge is 0.226 e. The second-order valence-corrected chi connectivity index (χ2v) is 4.43. The predicted molar refractivity (Wildman–Crippen MR) is 79.5 cm³/mol. The molecule has 5 heteroatoms. The summed E-state index contributed by atoms with van der Waals surface area (Å²) >= 11 is 0. The number of hydrogen-bond donors (Lipinski definition) is 2. The molecule has 5 nitrogen and oxygen atoms in total. The van der Waals surface area contributed by atoms with E-state index in [9.17, 15) is 4.79 Å². The van der Waals surface area contributed by atoms with Crippen LogP contribution in [0.4, 0.5) is 5.69 Å². The molecule has 3 N–H and O–H groups in total. The van der Waals surface area contributed by atoms with Gasteiger partial charge in [0.05, 0.1) is 26.2 Å². The summed E-state index contributed by atoms with van der Waals surface area (Å²) in [5, 5.41) is 2.82. The van der Waals surface area contributed by atoms with Gasteiger partial charge in [0, 0.05) is 18.8 Å². The number of ether oxygens (including phenoxy) is 2. The first-order valence-electron chi connectivity index (χ1n) is 7.00. The van der Waals surface area contributed by atoms with Crippen LogP contribution >= 0.6 is 0 Å². The normalized spacial score (nSPS) is 10.5. The average molecular weight is 280 g/mol. The van der Waals surface area contributed by atoms with Gasteiger partial charge in [-0.1, -0.05) is 19.1 Å². The van der Waals surface area contributed by atoms with E-state index in [2.05, 4.69) is 12.2 Å². The van der Waals surface area contributed by atoms with Crippen LogP contribution in [0, 0.1) is 0 Å². The lowest BCUT2D eigenvalue weighted by Crippen LogP contribution is -2.15. The SMILES string of the molecule is CCCOCCOCCC(=O)Nc1cccc(CN)c1. The van der Waals surface area contributed by atoms with Crippen LogP contribution in [-0.2, 0) is 20.8 Å². The molecule has 0 aliphatic carbocycles. The molecule has 0 aliphatic rings. The molecule has 0 spiro atoms. The van der Waals surface area contributed by atoms with Crippen molar-refractivity contribution in [2.45, 2.75) is 26.3 Å². The van der Waals surface area contributed by atoms with Gasteiger partial charge in [-0.05, 0) is 24.1 Å². The van der Waals surface area contributed by atoms with Crippen molar-refractivity contribution < 1.29 is 14.3 Å². The van der Waals surface area contributed by atoms with Gasteiger partial charge >= 0.3 is 0 Å². The Balaban J connectivity index is 2.13. The van der Waals surface area contributed by atoms with Gasteiger partial charge in [0.15, 0.2) is 0 Å². The highest BCUT2D eigenvalue weighted by Crippen LogP contribution is 2.10. The van der Waals surface area contributed by atoms with Crippen LogP contribution in [0.1, 0.15) is 25.3 Å². The number of nitrogens with one attached hydrogen (secondary N) is 1. The first-order valence-corrected chi connectivity index (χ1v) is 7.00. The molecule has 0 unspecified atom stereocenters. The van der Waals surface area contributed by atoms with Gasteiger partial charge in [0.1, 0.15) is 0 Å². The van der Waals surface area contributed by atoms with E-state index in [4.69, 9.17) is 15.2 Å². The molecule has 0 atom stereocenters. The van der Waals surface area contributed by atoms with Crippen molar-refractivity contribution in [3.63, 3.8) is 0 Å². The van der Waals surface area contributed by atoms with Gasteiger partial charge in [-0.15, -0.1) is 0 Å². The van der Waals surface area contributed by atoms with E-state index >= 15 is 0 Å². The summed E-state index contributed by atoms with van der Waals surface area (Å²) in [6, 6.07) is 7.52. The van der Waals surface area contributed by atoms with Crippen molar-refractivity contribution in [1.29, 1.82) is 0 Å². The van der Waals surface area contributed by atoms with Crippen LogP contribution in [0.3, 0.4) is 0 Å². The number of anilines is 1. The highest BCUT2D eigenvalue weighted by Gasteiger charge is 2.02. The molecule has 0 fully saturated rings. The summed E-state index contributed by atoms with van der Waals surface area (Å²) in [7, 11) is 0. The number of carbonyl (C=O) groups is 1. The van der Waals surface area contributed by atoms with E-state index in [1.54, 1.807) is 0 Å². The number of benzene rings is 1. The molecule has 0 bridgehead atoms. The average Bonchev–Trinajstić information content (AvgIpc) is 2.46. The maximum absolute atomic E-state index is 11.7. The van der Waals surface area contributed by atoms with Crippen molar-refractivity contribution >= 4 is 11.6 Å². The minimum absolute atomic E-state index is 0.0614. The highest BCUT2D eigenvalue weighted by atomic mass is 16.5. The Bertz CT molecular complexity index is 396. The molecule has 112 valence electrons. The fourth-order valence-corrected chi connectivity index (χ4v) is 1.63. The maximum Gasteiger partial charge on any atom is 0.226 e. The third-order valence-corrected chi connectivity index (χ3v) is 2.64.